The summed E-state index contributed by atoms with van der Waals surface area (Å²) < 4.78 is 25.6. The predicted molar refractivity (Wildman–Crippen MR) is 73.8 cm³/mol. The van der Waals surface area contributed by atoms with Crippen molar-refractivity contribution >= 4 is 15.9 Å². The molecule has 108 valence electrons. The number of unbranched alkanes of at least 4 members (excludes halogenated alkanes) is 1. The minimum atomic E-state index is -3.18. The van der Waals surface area contributed by atoms with Gasteiger partial charge in [0.05, 0.1) is 5.75 Å². The van der Waals surface area contributed by atoms with Gasteiger partial charge < -0.3 is 4.90 Å². The van der Waals surface area contributed by atoms with E-state index >= 15 is 0 Å². The number of carbonyl (C=O) groups excluding carboxylic acids is 1. The molecule has 1 N–H and O–H groups in total. The minimum Gasteiger partial charge on any atom is -0.341 e. The van der Waals surface area contributed by atoms with Crippen LogP contribution in [0, 0.1) is 5.92 Å². The Labute approximate surface area is 111 Å². The average Bonchev–Trinajstić information content (AvgIpc) is 2.24. The van der Waals surface area contributed by atoms with Gasteiger partial charge in [-0.25, -0.2) is 13.1 Å². The third kappa shape index (κ3) is 8.47. The highest BCUT2D eigenvalue weighted by molar-refractivity contribution is 7.89. The number of nitrogens with zero attached hydrogens (tertiary/aromatic N) is 1. The van der Waals surface area contributed by atoms with Crippen molar-refractivity contribution in [3.63, 3.8) is 0 Å². The summed E-state index contributed by atoms with van der Waals surface area (Å²) in [7, 11) is -3.18. The zero-order valence-electron chi connectivity index (χ0n) is 11.9. The van der Waals surface area contributed by atoms with Crippen molar-refractivity contribution in [1.29, 1.82) is 0 Å². The number of hydrogen-bond donors (Lipinski definition) is 1. The molecule has 5 nitrogen and oxygen atoms in total. The Morgan fingerprint density at radius 3 is 2.39 bits per heavy atom. The van der Waals surface area contributed by atoms with Gasteiger partial charge in [0, 0.05) is 26.6 Å². The maximum Gasteiger partial charge on any atom is 0.219 e. The van der Waals surface area contributed by atoms with Gasteiger partial charge in [0.15, 0.2) is 0 Å². The second-order valence-corrected chi connectivity index (χ2v) is 6.85. The molecule has 0 radical (unpaired) electrons. The van der Waals surface area contributed by atoms with Gasteiger partial charge >= 0.3 is 0 Å². The van der Waals surface area contributed by atoms with Gasteiger partial charge in [0.25, 0.3) is 0 Å². The van der Waals surface area contributed by atoms with Gasteiger partial charge in [0.2, 0.25) is 15.9 Å². The maximum atomic E-state index is 11.5. The lowest BCUT2D eigenvalue weighted by atomic mass is 10.2. The second kappa shape index (κ2) is 8.48. The van der Waals surface area contributed by atoms with E-state index in [9.17, 15) is 13.2 Å². The minimum absolute atomic E-state index is 0.0172. The van der Waals surface area contributed by atoms with Crippen LogP contribution < -0.4 is 4.72 Å². The van der Waals surface area contributed by atoms with Crippen molar-refractivity contribution in [2.75, 3.05) is 25.4 Å². The third-order valence-corrected chi connectivity index (χ3v) is 3.97. The van der Waals surface area contributed by atoms with Crippen molar-refractivity contribution in [2.24, 2.45) is 5.92 Å². The molecule has 0 saturated carbocycles. The van der Waals surface area contributed by atoms with Crippen LogP contribution in [-0.4, -0.2) is 44.6 Å². The van der Waals surface area contributed by atoms with Crippen molar-refractivity contribution < 1.29 is 13.2 Å². The monoisotopic (exact) mass is 278 g/mol. The zero-order chi connectivity index (χ0) is 14.2. The lowest BCUT2D eigenvalue weighted by Crippen LogP contribution is -2.39. The highest BCUT2D eigenvalue weighted by Gasteiger charge is 2.13. The van der Waals surface area contributed by atoms with E-state index in [0.717, 1.165) is 6.42 Å². The van der Waals surface area contributed by atoms with E-state index < -0.39 is 10.0 Å². The van der Waals surface area contributed by atoms with E-state index in [-0.39, 0.29) is 11.7 Å². The summed E-state index contributed by atoms with van der Waals surface area (Å²) in [5.41, 5.74) is 0. The Morgan fingerprint density at radius 1 is 1.33 bits per heavy atom. The summed E-state index contributed by atoms with van der Waals surface area (Å²) in [6.07, 6.45) is 1.52. The zero-order valence-corrected chi connectivity index (χ0v) is 12.7. The van der Waals surface area contributed by atoms with Crippen molar-refractivity contribution in [3.05, 3.63) is 0 Å². The summed E-state index contributed by atoms with van der Waals surface area (Å²) in [5.74, 6) is 0.523. The standard InChI is InChI=1S/C12H26N2O3S/c1-5-6-9-18(16,17)13-7-8-14(12(4)15)10-11(2)3/h11,13H,5-10H2,1-4H3. The first kappa shape index (κ1) is 17.4. The molecule has 1 amide bonds. The van der Waals surface area contributed by atoms with Gasteiger partial charge in [-0.3, -0.25) is 4.79 Å². The maximum absolute atomic E-state index is 11.5. The molecule has 0 unspecified atom stereocenters. The quantitative estimate of drug-likeness (QED) is 0.689. The van der Waals surface area contributed by atoms with Gasteiger partial charge in [-0.2, -0.15) is 0 Å². The highest BCUT2D eigenvalue weighted by atomic mass is 32.2. The topological polar surface area (TPSA) is 66.5 Å². The molecule has 0 heterocycles. The van der Waals surface area contributed by atoms with Gasteiger partial charge in [0.1, 0.15) is 0 Å². The Morgan fingerprint density at radius 2 is 1.94 bits per heavy atom. The fourth-order valence-electron chi connectivity index (χ4n) is 1.56. The van der Waals surface area contributed by atoms with Crippen LogP contribution in [0.15, 0.2) is 0 Å². The fourth-order valence-corrected chi connectivity index (χ4v) is 2.78. The molecule has 0 aliphatic carbocycles. The summed E-state index contributed by atoms with van der Waals surface area (Å²) >= 11 is 0. The average molecular weight is 278 g/mol. The largest absolute Gasteiger partial charge is 0.341 e. The summed E-state index contributed by atoms with van der Waals surface area (Å²) in [6, 6.07) is 0. The summed E-state index contributed by atoms with van der Waals surface area (Å²) in [4.78, 5) is 13.0. The Balaban J connectivity index is 4.10. The van der Waals surface area contributed by atoms with E-state index in [4.69, 9.17) is 0 Å². The van der Waals surface area contributed by atoms with Crippen LogP contribution in [0.3, 0.4) is 0 Å². The molecule has 0 aromatic carbocycles. The molecular weight excluding hydrogens is 252 g/mol. The molecular formula is C12H26N2O3S. The molecule has 0 atom stereocenters. The third-order valence-electron chi connectivity index (χ3n) is 2.50. The van der Waals surface area contributed by atoms with Crippen LogP contribution in [0.2, 0.25) is 0 Å². The first-order chi connectivity index (χ1) is 8.28. The number of nitrogens with one attached hydrogen (secondary N) is 1. The first-order valence-electron chi connectivity index (χ1n) is 6.51. The SMILES string of the molecule is CCCCS(=O)(=O)NCCN(CC(C)C)C(C)=O. The van der Waals surface area contributed by atoms with Crippen molar-refractivity contribution in [3.8, 4) is 0 Å². The molecule has 6 heteroatoms. The molecule has 0 fully saturated rings. The highest BCUT2D eigenvalue weighted by Crippen LogP contribution is 1.99. The van der Waals surface area contributed by atoms with E-state index in [1.54, 1.807) is 4.90 Å². The van der Waals surface area contributed by atoms with Crippen LogP contribution in [0.25, 0.3) is 0 Å². The molecule has 0 bridgehead atoms. The Bertz CT molecular complexity index is 339. The molecule has 0 saturated heterocycles. The van der Waals surface area contributed by atoms with E-state index in [1.165, 1.54) is 6.92 Å². The van der Waals surface area contributed by atoms with Crippen LogP contribution in [0.1, 0.15) is 40.5 Å². The summed E-state index contributed by atoms with van der Waals surface area (Å²) in [6.45, 7) is 8.90. The van der Waals surface area contributed by atoms with Gasteiger partial charge in [-0.1, -0.05) is 27.2 Å². The van der Waals surface area contributed by atoms with Gasteiger partial charge in [-0.15, -0.1) is 0 Å². The van der Waals surface area contributed by atoms with Crippen LogP contribution >= 0.6 is 0 Å². The molecule has 0 aliphatic rings. The lowest BCUT2D eigenvalue weighted by Gasteiger charge is -2.23. The second-order valence-electron chi connectivity index (χ2n) is 4.93. The van der Waals surface area contributed by atoms with Crippen LogP contribution in [0.5, 0.6) is 0 Å². The Kier molecular flexibility index (Phi) is 8.18. The van der Waals surface area contributed by atoms with Crippen molar-refractivity contribution in [1.82, 2.24) is 9.62 Å². The predicted octanol–water partition coefficient (Wildman–Crippen LogP) is 1.21. The van der Waals surface area contributed by atoms with E-state index in [2.05, 4.69) is 4.72 Å². The molecule has 0 aliphatic heterocycles. The normalized spacial score (nSPS) is 11.8. The van der Waals surface area contributed by atoms with E-state index in [1.807, 2.05) is 20.8 Å². The lowest BCUT2D eigenvalue weighted by molar-refractivity contribution is -0.129. The summed E-state index contributed by atoms with van der Waals surface area (Å²) in [5, 5.41) is 0. The molecule has 0 aromatic heterocycles. The Hall–Kier alpha value is -0.620. The molecule has 0 aromatic rings. The van der Waals surface area contributed by atoms with Crippen LogP contribution in [-0.2, 0) is 14.8 Å². The molecule has 0 spiro atoms. The number of carbonyl (C=O) groups is 1. The molecule has 0 rings (SSSR count). The number of amides is 1. The van der Waals surface area contributed by atoms with Crippen molar-refractivity contribution in [2.45, 2.75) is 40.5 Å². The van der Waals surface area contributed by atoms with Crippen LogP contribution in [0.4, 0.5) is 0 Å². The van der Waals surface area contributed by atoms with E-state index in [0.29, 0.717) is 32.0 Å². The molecule has 18 heavy (non-hydrogen) atoms. The smallest absolute Gasteiger partial charge is 0.219 e. The van der Waals surface area contributed by atoms with Gasteiger partial charge in [-0.05, 0) is 12.3 Å². The number of hydrogen-bond acceptors (Lipinski definition) is 3. The first-order valence-corrected chi connectivity index (χ1v) is 8.16. The number of sulfonamides is 1. The number of rotatable bonds is 9. The fraction of sp³-hybridized carbons (Fsp3) is 0.917.